The molecule has 3 amide bonds. The van der Waals surface area contributed by atoms with Crippen molar-refractivity contribution in [3.8, 4) is 5.69 Å². The molecule has 0 unspecified atom stereocenters. The molecule has 0 spiro atoms. The number of urea groups is 1. The molecule has 1 heterocycles. The molecule has 0 aliphatic heterocycles. The summed E-state index contributed by atoms with van der Waals surface area (Å²) in [6.07, 6.45) is 1.86. The number of carbonyl (C=O) groups is 2. The van der Waals surface area contributed by atoms with Crippen LogP contribution in [-0.4, -0.2) is 21.7 Å². The molecule has 0 aliphatic carbocycles. The fourth-order valence-corrected chi connectivity index (χ4v) is 2.44. The Hall–Kier alpha value is -3.61. The highest BCUT2D eigenvalue weighted by molar-refractivity contribution is 6.04. The summed E-state index contributed by atoms with van der Waals surface area (Å²) < 4.78 is 1.73. The zero-order valence-corrected chi connectivity index (χ0v) is 14.3. The van der Waals surface area contributed by atoms with Crippen LogP contribution in [0.4, 0.5) is 10.6 Å². The largest absolute Gasteiger partial charge is 0.352 e. The molecule has 0 fully saturated rings. The number of nitrogens with zero attached hydrogens (tertiary/aromatic N) is 2. The molecule has 1 aromatic heterocycles. The van der Waals surface area contributed by atoms with Gasteiger partial charge in [0.1, 0.15) is 0 Å². The maximum atomic E-state index is 12.4. The smallest absolute Gasteiger partial charge is 0.312 e. The molecule has 3 aromatic rings. The first kappa shape index (κ1) is 17.2. The van der Waals surface area contributed by atoms with Crippen LogP contribution < -0.4 is 16.4 Å². The topological polar surface area (TPSA) is 102 Å². The Labute approximate surface area is 150 Å². The summed E-state index contributed by atoms with van der Waals surface area (Å²) in [5.74, 6) is 0.263. The molecule has 0 radical (unpaired) electrons. The summed E-state index contributed by atoms with van der Waals surface area (Å²) in [6, 6.07) is 16.0. The number of amides is 3. The van der Waals surface area contributed by atoms with Gasteiger partial charge in [-0.25, -0.2) is 9.48 Å². The van der Waals surface area contributed by atoms with E-state index in [1.165, 1.54) is 0 Å². The summed E-state index contributed by atoms with van der Waals surface area (Å²) in [6.45, 7) is 2.21. The minimum Gasteiger partial charge on any atom is -0.352 e. The van der Waals surface area contributed by atoms with E-state index in [4.69, 9.17) is 5.73 Å². The van der Waals surface area contributed by atoms with E-state index >= 15 is 0 Å². The van der Waals surface area contributed by atoms with E-state index < -0.39 is 6.03 Å². The van der Waals surface area contributed by atoms with Gasteiger partial charge < -0.3 is 16.4 Å². The van der Waals surface area contributed by atoms with Crippen LogP contribution in [0.5, 0.6) is 0 Å². The average molecular weight is 349 g/mol. The first-order valence-corrected chi connectivity index (χ1v) is 8.08. The van der Waals surface area contributed by atoms with E-state index in [9.17, 15) is 9.59 Å². The van der Waals surface area contributed by atoms with Gasteiger partial charge in [-0.1, -0.05) is 30.3 Å². The van der Waals surface area contributed by atoms with Crippen molar-refractivity contribution in [2.75, 3.05) is 5.32 Å². The van der Waals surface area contributed by atoms with Crippen LogP contribution in [-0.2, 0) is 6.54 Å². The molecule has 4 N–H and O–H groups in total. The number of hydrogen-bond donors (Lipinski definition) is 3. The average Bonchev–Trinajstić information content (AvgIpc) is 3.01. The second-order valence-electron chi connectivity index (χ2n) is 5.81. The van der Waals surface area contributed by atoms with Gasteiger partial charge in [-0.05, 0) is 36.8 Å². The molecule has 0 atom stereocenters. The van der Waals surface area contributed by atoms with E-state index in [1.807, 2.05) is 43.5 Å². The van der Waals surface area contributed by atoms with Crippen LogP contribution in [0.2, 0.25) is 0 Å². The molecule has 0 saturated heterocycles. The van der Waals surface area contributed by atoms with Gasteiger partial charge in [-0.15, -0.1) is 5.10 Å². The van der Waals surface area contributed by atoms with Gasteiger partial charge in [-0.2, -0.15) is 0 Å². The van der Waals surface area contributed by atoms with Crippen molar-refractivity contribution < 1.29 is 9.59 Å². The van der Waals surface area contributed by atoms with Crippen LogP contribution in [0.3, 0.4) is 0 Å². The monoisotopic (exact) mass is 349 g/mol. The lowest BCUT2D eigenvalue weighted by Crippen LogP contribution is -2.28. The van der Waals surface area contributed by atoms with Gasteiger partial charge in [0, 0.05) is 23.9 Å². The fraction of sp³-hybridized carbons (Fsp3) is 0.105. The number of benzene rings is 2. The lowest BCUT2D eigenvalue weighted by molar-refractivity contribution is 0.102. The first-order valence-electron chi connectivity index (χ1n) is 8.08. The van der Waals surface area contributed by atoms with Gasteiger partial charge in [0.15, 0.2) is 5.82 Å². The van der Waals surface area contributed by atoms with Gasteiger partial charge in [0.2, 0.25) is 0 Å². The van der Waals surface area contributed by atoms with Crippen molar-refractivity contribution in [1.82, 2.24) is 15.1 Å². The Morgan fingerprint density at radius 1 is 1.08 bits per heavy atom. The highest BCUT2D eigenvalue weighted by Gasteiger charge is 2.12. The Bertz CT molecular complexity index is 917. The predicted octanol–water partition coefficient (Wildman–Crippen LogP) is 2.60. The van der Waals surface area contributed by atoms with Gasteiger partial charge in [0.05, 0.1) is 5.69 Å². The SMILES string of the molecule is Cc1cn(-c2ccccc2)nc1NC(=O)c1ccc(CNC(N)=O)cc1. The van der Waals surface area contributed by atoms with Crippen molar-refractivity contribution in [3.63, 3.8) is 0 Å². The van der Waals surface area contributed by atoms with Crippen LogP contribution in [0, 0.1) is 6.92 Å². The summed E-state index contributed by atoms with van der Waals surface area (Å²) in [5, 5.41) is 9.76. The molecule has 7 nitrogen and oxygen atoms in total. The van der Waals surface area contributed by atoms with E-state index in [0.29, 0.717) is 17.9 Å². The third-order valence-corrected chi connectivity index (χ3v) is 3.83. The summed E-state index contributed by atoms with van der Waals surface area (Å²) in [4.78, 5) is 23.2. The van der Waals surface area contributed by atoms with Crippen molar-refractivity contribution >= 4 is 17.8 Å². The first-order chi connectivity index (χ1) is 12.5. The number of nitrogens with one attached hydrogen (secondary N) is 2. The minimum atomic E-state index is -0.587. The number of aryl methyl sites for hydroxylation is 1. The normalized spacial score (nSPS) is 10.3. The number of anilines is 1. The van der Waals surface area contributed by atoms with Gasteiger partial charge in [0.25, 0.3) is 5.91 Å². The molecule has 2 aromatic carbocycles. The summed E-state index contributed by atoms with van der Waals surface area (Å²) in [5.41, 5.74) is 8.18. The molecule has 0 bridgehead atoms. The minimum absolute atomic E-state index is 0.249. The second kappa shape index (κ2) is 7.52. The van der Waals surface area contributed by atoms with Gasteiger partial charge >= 0.3 is 6.03 Å². The predicted molar refractivity (Wildman–Crippen MR) is 99.1 cm³/mol. The second-order valence-corrected chi connectivity index (χ2v) is 5.81. The van der Waals surface area contributed by atoms with E-state index in [0.717, 1.165) is 16.8 Å². The molecule has 0 aliphatic rings. The Morgan fingerprint density at radius 3 is 2.42 bits per heavy atom. The molecule has 0 saturated carbocycles. The van der Waals surface area contributed by atoms with E-state index in [-0.39, 0.29) is 5.91 Å². The third-order valence-electron chi connectivity index (χ3n) is 3.83. The zero-order valence-electron chi connectivity index (χ0n) is 14.3. The number of rotatable bonds is 5. The molecule has 26 heavy (non-hydrogen) atoms. The Morgan fingerprint density at radius 2 is 1.77 bits per heavy atom. The Kier molecular flexibility index (Phi) is 4.98. The van der Waals surface area contributed by atoms with Crippen LogP contribution in [0.25, 0.3) is 5.69 Å². The molecular formula is C19H19N5O2. The molecule has 7 heteroatoms. The maximum absolute atomic E-state index is 12.4. The number of nitrogens with two attached hydrogens (primary N) is 1. The summed E-state index contributed by atoms with van der Waals surface area (Å²) >= 11 is 0. The molecule has 132 valence electrons. The lowest BCUT2D eigenvalue weighted by atomic mass is 10.1. The fourth-order valence-electron chi connectivity index (χ4n) is 2.44. The highest BCUT2D eigenvalue weighted by Crippen LogP contribution is 2.17. The van der Waals surface area contributed by atoms with Crippen molar-refractivity contribution in [2.45, 2.75) is 13.5 Å². The van der Waals surface area contributed by atoms with Crippen LogP contribution in [0.1, 0.15) is 21.5 Å². The van der Waals surface area contributed by atoms with Crippen molar-refractivity contribution in [1.29, 1.82) is 0 Å². The Balaban J connectivity index is 1.70. The number of hydrogen-bond acceptors (Lipinski definition) is 3. The van der Waals surface area contributed by atoms with Crippen LogP contribution in [0.15, 0.2) is 60.8 Å². The molecule has 3 rings (SSSR count). The number of primary amides is 1. The highest BCUT2D eigenvalue weighted by atomic mass is 16.2. The third kappa shape index (κ3) is 4.07. The lowest BCUT2D eigenvalue weighted by Gasteiger charge is -2.06. The van der Waals surface area contributed by atoms with E-state index in [1.54, 1.807) is 28.9 Å². The van der Waals surface area contributed by atoms with Crippen molar-refractivity contribution in [3.05, 3.63) is 77.5 Å². The maximum Gasteiger partial charge on any atom is 0.312 e. The number of para-hydroxylation sites is 1. The van der Waals surface area contributed by atoms with Crippen LogP contribution >= 0.6 is 0 Å². The zero-order chi connectivity index (χ0) is 18.5. The van der Waals surface area contributed by atoms with E-state index in [2.05, 4.69) is 15.7 Å². The number of carbonyl (C=O) groups excluding carboxylic acids is 2. The molecular weight excluding hydrogens is 330 g/mol. The summed E-state index contributed by atoms with van der Waals surface area (Å²) in [7, 11) is 0. The van der Waals surface area contributed by atoms with Crippen molar-refractivity contribution in [2.24, 2.45) is 5.73 Å². The van der Waals surface area contributed by atoms with Gasteiger partial charge in [-0.3, -0.25) is 4.79 Å². The standard InChI is InChI=1S/C19H19N5O2/c1-13-12-24(16-5-3-2-4-6-16)23-17(13)22-18(25)15-9-7-14(8-10-15)11-21-19(20)26/h2-10,12H,11H2,1H3,(H3,20,21,26)(H,22,23,25). The quantitative estimate of drug-likeness (QED) is 0.660. The number of aromatic nitrogens is 2.